The number of nitrogens with zero attached hydrogens (tertiary/aromatic N) is 1. The summed E-state index contributed by atoms with van der Waals surface area (Å²) in [5.41, 5.74) is 0. The number of carboxylic acid groups (broad SMARTS) is 1. The highest BCUT2D eigenvalue weighted by Gasteiger charge is 2.25. The van der Waals surface area contributed by atoms with Gasteiger partial charge in [-0.3, -0.25) is 9.59 Å². The molecule has 0 saturated heterocycles. The van der Waals surface area contributed by atoms with Gasteiger partial charge in [-0.15, -0.1) is 0 Å². The average molecular weight is 1070 g/mol. The number of hydrogen-bond donors (Lipinski definition) is 1. The summed E-state index contributed by atoms with van der Waals surface area (Å²) in [7, 11) is 5.94. The van der Waals surface area contributed by atoms with Crippen molar-refractivity contribution in [3.8, 4) is 0 Å². The topological polar surface area (TPSA) is 108 Å². The Balaban J connectivity index is 4.34. The summed E-state index contributed by atoms with van der Waals surface area (Å²) in [5, 5.41) is 9.71. The number of rotatable bonds is 53. The SMILES string of the molecule is CC/C=C\C/C=C\C/C=C\C/C=C\C/C=C\C/C=C\C/C=C\CCCCCC(=O)OC(COC(=O)CCCCCCCCCCCCC/C=C\C/C=C\C/C=C\C/C=C\C/C=C\CC)COC(OCC[N+](C)(C)C)C(=O)O. The molecule has 77 heavy (non-hydrogen) atoms. The van der Waals surface area contributed by atoms with E-state index in [1.54, 1.807) is 0 Å². The molecule has 0 aromatic carbocycles. The molecule has 9 heteroatoms. The van der Waals surface area contributed by atoms with Crippen LogP contribution in [0.1, 0.15) is 206 Å². The minimum Gasteiger partial charge on any atom is -0.477 e. The van der Waals surface area contributed by atoms with Crippen molar-refractivity contribution in [3.05, 3.63) is 146 Å². The highest BCUT2D eigenvalue weighted by Crippen LogP contribution is 2.14. The van der Waals surface area contributed by atoms with Gasteiger partial charge in [-0.2, -0.15) is 0 Å². The van der Waals surface area contributed by atoms with E-state index in [9.17, 15) is 19.5 Å². The number of esters is 2. The van der Waals surface area contributed by atoms with Crippen LogP contribution in [0.25, 0.3) is 0 Å². The number of aliphatic carboxylic acids is 1. The van der Waals surface area contributed by atoms with Gasteiger partial charge in [0.2, 0.25) is 0 Å². The predicted molar refractivity (Wildman–Crippen MR) is 327 cm³/mol. The fourth-order valence-electron chi connectivity index (χ4n) is 7.55. The van der Waals surface area contributed by atoms with Crippen LogP contribution in [0, 0.1) is 0 Å². The van der Waals surface area contributed by atoms with Gasteiger partial charge in [0.15, 0.2) is 6.10 Å². The molecular formula is C68H110NO8+. The molecule has 1 N–H and O–H groups in total. The van der Waals surface area contributed by atoms with E-state index in [2.05, 4.69) is 160 Å². The smallest absolute Gasteiger partial charge is 0.361 e. The number of allylic oxidation sites excluding steroid dienone is 24. The van der Waals surface area contributed by atoms with Crippen LogP contribution in [0.15, 0.2) is 146 Å². The summed E-state index contributed by atoms with van der Waals surface area (Å²) in [4.78, 5) is 37.5. The molecule has 434 valence electrons. The number of carboxylic acids is 1. The van der Waals surface area contributed by atoms with Gasteiger partial charge in [0.05, 0.1) is 34.4 Å². The maximum atomic E-state index is 12.9. The number of unbranched alkanes of at least 4 members (excludes halogenated alkanes) is 14. The molecule has 2 unspecified atom stereocenters. The minimum absolute atomic E-state index is 0.172. The van der Waals surface area contributed by atoms with Crippen molar-refractivity contribution in [3.63, 3.8) is 0 Å². The number of likely N-dealkylation sites (N-methyl/N-ethyl adjacent to an activating group) is 1. The third-order valence-corrected chi connectivity index (χ3v) is 12.1. The Kier molecular flexibility index (Phi) is 53.8. The Hall–Kier alpha value is -4.83. The van der Waals surface area contributed by atoms with Crippen LogP contribution < -0.4 is 0 Å². The zero-order valence-corrected chi connectivity index (χ0v) is 49.3. The van der Waals surface area contributed by atoms with Crippen molar-refractivity contribution in [2.45, 2.75) is 219 Å². The Morgan fingerprint density at radius 2 is 0.701 bits per heavy atom. The van der Waals surface area contributed by atoms with Gasteiger partial charge in [-0.1, -0.05) is 224 Å². The molecule has 0 aliphatic carbocycles. The Bertz CT molecular complexity index is 1770. The number of carbonyl (C=O) groups excluding carboxylic acids is 2. The Morgan fingerprint density at radius 1 is 0.390 bits per heavy atom. The molecule has 0 saturated carbocycles. The van der Waals surface area contributed by atoms with Crippen molar-refractivity contribution in [2.75, 3.05) is 47.5 Å². The maximum absolute atomic E-state index is 12.9. The van der Waals surface area contributed by atoms with Crippen LogP contribution >= 0.6 is 0 Å². The zero-order valence-electron chi connectivity index (χ0n) is 49.3. The monoisotopic (exact) mass is 1070 g/mol. The lowest BCUT2D eigenvalue weighted by Crippen LogP contribution is -2.40. The number of quaternary nitrogens is 1. The average Bonchev–Trinajstić information content (AvgIpc) is 3.40. The van der Waals surface area contributed by atoms with E-state index in [4.69, 9.17) is 18.9 Å². The second-order valence-corrected chi connectivity index (χ2v) is 20.5. The molecule has 0 rings (SSSR count). The third-order valence-electron chi connectivity index (χ3n) is 12.1. The number of ether oxygens (including phenoxy) is 4. The van der Waals surface area contributed by atoms with Crippen LogP contribution in [-0.4, -0.2) is 87.4 Å². The summed E-state index contributed by atoms with van der Waals surface area (Å²) < 4.78 is 22.8. The molecule has 0 aromatic rings. The quantitative estimate of drug-likeness (QED) is 0.0211. The standard InChI is InChI=1S/C68H109NO8/c1-6-8-10-12-14-16-18-20-22-24-26-28-30-32-33-35-36-38-40-42-44-46-48-50-52-54-56-58-65(70)75-62-64(63-76-68(67(72)73)74-61-60-69(3,4)5)77-66(71)59-57-55-53-51-49-47-45-43-41-39-37-34-31-29-27-25-23-21-19-17-15-13-11-9-7-2/h8-11,14-17,20-23,26-29,32-34,37,41,43,47,49,64,68H,6-7,12-13,18-19,24-25,30-31,35-36,38-40,42,44-46,48,50-63H2,1-5H3/p+1/b10-8-,11-9-,16-14-,17-15-,22-20-,23-21-,28-26-,29-27-,33-32-,37-34-,43-41-,49-47-. The molecule has 0 spiro atoms. The van der Waals surface area contributed by atoms with Gasteiger partial charge in [-0.05, 0) is 116 Å². The van der Waals surface area contributed by atoms with E-state index >= 15 is 0 Å². The molecular weight excluding hydrogens is 959 g/mol. The summed E-state index contributed by atoms with van der Waals surface area (Å²) in [5.74, 6) is -2.07. The van der Waals surface area contributed by atoms with Crippen molar-refractivity contribution in [2.24, 2.45) is 0 Å². The summed E-state index contributed by atoms with van der Waals surface area (Å²) in [6.07, 6.45) is 80.7. The maximum Gasteiger partial charge on any atom is 0.361 e. The molecule has 0 aliphatic heterocycles. The fraction of sp³-hybridized carbons (Fsp3) is 0.603. The number of hydrogen-bond acceptors (Lipinski definition) is 7. The van der Waals surface area contributed by atoms with E-state index in [-0.39, 0.29) is 38.6 Å². The fourth-order valence-corrected chi connectivity index (χ4v) is 7.55. The first-order valence-corrected chi connectivity index (χ1v) is 30.0. The normalized spacial score (nSPS) is 13.8. The van der Waals surface area contributed by atoms with Gasteiger partial charge >= 0.3 is 17.9 Å². The van der Waals surface area contributed by atoms with Crippen LogP contribution in [0.4, 0.5) is 0 Å². The summed E-state index contributed by atoms with van der Waals surface area (Å²) in [6.45, 7) is 4.58. The Morgan fingerprint density at radius 3 is 1.05 bits per heavy atom. The molecule has 0 amide bonds. The van der Waals surface area contributed by atoms with Crippen molar-refractivity contribution >= 4 is 17.9 Å². The second-order valence-electron chi connectivity index (χ2n) is 20.5. The van der Waals surface area contributed by atoms with E-state index in [1.165, 1.54) is 44.9 Å². The van der Waals surface area contributed by atoms with Crippen LogP contribution in [0.5, 0.6) is 0 Å². The lowest BCUT2D eigenvalue weighted by Gasteiger charge is -2.25. The largest absolute Gasteiger partial charge is 0.477 e. The highest BCUT2D eigenvalue weighted by molar-refractivity contribution is 5.71. The second kappa shape index (κ2) is 57.3. The van der Waals surface area contributed by atoms with Crippen LogP contribution in [0.3, 0.4) is 0 Å². The van der Waals surface area contributed by atoms with E-state index < -0.39 is 24.3 Å². The van der Waals surface area contributed by atoms with Gasteiger partial charge < -0.3 is 28.5 Å². The number of carbonyl (C=O) groups is 3. The van der Waals surface area contributed by atoms with Gasteiger partial charge in [-0.25, -0.2) is 4.79 Å². The first-order chi connectivity index (χ1) is 37.6. The van der Waals surface area contributed by atoms with Crippen LogP contribution in [0.2, 0.25) is 0 Å². The first kappa shape index (κ1) is 72.2. The zero-order chi connectivity index (χ0) is 56.2. The summed E-state index contributed by atoms with van der Waals surface area (Å²) >= 11 is 0. The van der Waals surface area contributed by atoms with Crippen molar-refractivity contribution in [1.82, 2.24) is 0 Å². The predicted octanol–water partition coefficient (Wildman–Crippen LogP) is 18.0. The molecule has 2 atom stereocenters. The molecule has 9 nitrogen and oxygen atoms in total. The van der Waals surface area contributed by atoms with E-state index in [0.29, 0.717) is 17.4 Å². The third kappa shape index (κ3) is 58.7. The van der Waals surface area contributed by atoms with Gasteiger partial charge in [0, 0.05) is 12.8 Å². The van der Waals surface area contributed by atoms with E-state index in [1.807, 2.05) is 21.1 Å². The van der Waals surface area contributed by atoms with Gasteiger partial charge in [0.1, 0.15) is 13.2 Å². The van der Waals surface area contributed by atoms with Crippen molar-refractivity contribution < 1.29 is 42.9 Å². The molecule has 0 fully saturated rings. The lowest BCUT2D eigenvalue weighted by atomic mass is 10.0. The lowest BCUT2D eigenvalue weighted by molar-refractivity contribution is -0.870. The van der Waals surface area contributed by atoms with Gasteiger partial charge in [0.25, 0.3) is 6.29 Å². The summed E-state index contributed by atoms with van der Waals surface area (Å²) in [6, 6.07) is 0. The first-order valence-electron chi connectivity index (χ1n) is 30.0. The van der Waals surface area contributed by atoms with Crippen molar-refractivity contribution in [1.29, 1.82) is 0 Å². The molecule has 0 aromatic heterocycles. The van der Waals surface area contributed by atoms with E-state index in [0.717, 1.165) is 128 Å². The molecule has 0 bridgehead atoms. The van der Waals surface area contributed by atoms with Crippen LogP contribution in [-0.2, 0) is 33.3 Å². The molecule has 0 heterocycles. The Labute approximate surface area is 471 Å². The highest BCUT2D eigenvalue weighted by atomic mass is 16.7. The molecule has 0 radical (unpaired) electrons. The minimum atomic E-state index is -1.53. The molecule has 0 aliphatic rings.